The molecule has 3 rings (SSSR count). The van der Waals surface area contributed by atoms with E-state index in [0.717, 1.165) is 30.7 Å². The molecule has 0 spiro atoms. The van der Waals surface area contributed by atoms with Gasteiger partial charge in [-0.25, -0.2) is 8.78 Å². The fraction of sp³-hybridized carbons (Fsp3) is 0.409. The van der Waals surface area contributed by atoms with Gasteiger partial charge in [0.2, 0.25) is 5.91 Å². The molecular weight excluding hydrogens is 378 g/mol. The normalized spacial score (nSPS) is 16.7. The molecule has 0 bridgehead atoms. The zero-order chi connectivity index (χ0) is 19.9. The fourth-order valence-corrected chi connectivity index (χ4v) is 4.65. The number of thioether (sulfide) groups is 1. The molecule has 2 aromatic carbocycles. The lowest BCUT2D eigenvalue weighted by molar-refractivity contribution is -0.132. The average Bonchev–Trinajstić information content (AvgIpc) is 3.18. The van der Waals surface area contributed by atoms with E-state index in [9.17, 15) is 13.6 Å². The number of unbranched alkanes of at least 4 members (excludes halogenated alkanes) is 1. The van der Waals surface area contributed by atoms with Crippen LogP contribution in [0.2, 0.25) is 0 Å². The molecule has 0 radical (unpaired) electrons. The van der Waals surface area contributed by atoms with Crippen LogP contribution in [-0.2, 0) is 11.3 Å². The molecule has 1 amide bonds. The standard InChI is InChI=1S/C22H26F2N2OS/c1-2-3-12-25(15-18-6-4-5-7-20(18)24)16-21(27)26-13-14-28-22(26)17-8-10-19(23)11-9-17/h4-11,22H,2-3,12-16H2,1H3/t22-/m0/s1. The first-order valence-corrected chi connectivity index (χ1v) is 10.8. The summed E-state index contributed by atoms with van der Waals surface area (Å²) in [7, 11) is 0. The summed E-state index contributed by atoms with van der Waals surface area (Å²) in [5.41, 5.74) is 1.55. The molecule has 1 saturated heterocycles. The van der Waals surface area contributed by atoms with Gasteiger partial charge >= 0.3 is 0 Å². The summed E-state index contributed by atoms with van der Waals surface area (Å²) in [5, 5.41) is -0.0883. The van der Waals surface area contributed by atoms with E-state index in [1.54, 1.807) is 36.0 Å². The molecule has 2 aromatic rings. The molecule has 6 heteroatoms. The van der Waals surface area contributed by atoms with Gasteiger partial charge in [-0.3, -0.25) is 9.69 Å². The first-order valence-electron chi connectivity index (χ1n) is 9.70. The Kier molecular flexibility index (Phi) is 7.45. The summed E-state index contributed by atoms with van der Waals surface area (Å²) in [6.07, 6.45) is 1.97. The molecule has 0 N–H and O–H groups in total. The minimum absolute atomic E-state index is 0.0340. The molecule has 1 atom stereocenters. The van der Waals surface area contributed by atoms with E-state index in [2.05, 4.69) is 6.92 Å². The molecule has 1 aliphatic rings. The van der Waals surface area contributed by atoms with Crippen molar-refractivity contribution < 1.29 is 13.6 Å². The van der Waals surface area contributed by atoms with Gasteiger partial charge in [-0.2, -0.15) is 0 Å². The molecule has 3 nitrogen and oxygen atoms in total. The van der Waals surface area contributed by atoms with Crippen LogP contribution in [0.25, 0.3) is 0 Å². The summed E-state index contributed by atoms with van der Waals surface area (Å²) >= 11 is 1.69. The highest BCUT2D eigenvalue weighted by atomic mass is 32.2. The number of rotatable bonds is 8. The van der Waals surface area contributed by atoms with Crippen molar-refractivity contribution in [2.75, 3.05) is 25.4 Å². The highest BCUT2D eigenvalue weighted by Gasteiger charge is 2.31. The van der Waals surface area contributed by atoms with Crippen molar-refractivity contribution >= 4 is 17.7 Å². The zero-order valence-corrected chi connectivity index (χ0v) is 16.9. The van der Waals surface area contributed by atoms with E-state index in [1.165, 1.54) is 18.2 Å². The Morgan fingerprint density at radius 2 is 1.93 bits per heavy atom. The second kappa shape index (κ2) is 10.0. The van der Waals surface area contributed by atoms with E-state index in [4.69, 9.17) is 0 Å². The highest BCUT2D eigenvalue weighted by Crippen LogP contribution is 2.38. The second-order valence-electron chi connectivity index (χ2n) is 7.02. The van der Waals surface area contributed by atoms with Crippen LogP contribution in [0.4, 0.5) is 8.78 Å². The largest absolute Gasteiger partial charge is 0.325 e. The number of hydrogen-bond donors (Lipinski definition) is 0. The number of halogens is 2. The van der Waals surface area contributed by atoms with Crippen LogP contribution in [-0.4, -0.2) is 41.1 Å². The quantitative estimate of drug-likeness (QED) is 0.629. The zero-order valence-electron chi connectivity index (χ0n) is 16.1. The van der Waals surface area contributed by atoms with Gasteiger partial charge in [0.25, 0.3) is 0 Å². The summed E-state index contributed by atoms with van der Waals surface area (Å²) in [4.78, 5) is 16.9. The van der Waals surface area contributed by atoms with Crippen LogP contribution in [0, 0.1) is 11.6 Å². The Hall–Kier alpha value is -1.92. The molecule has 0 saturated carbocycles. The van der Waals surface area contributed by atoms with Crippen LogP contribution >= 0.6 is 11.8 Å². The van der Waals surface area contributed by atoms with Crippen molar-refractivity contribution in [3.8, 4) is 0 Å². The van der Waals surface area contributed by atoms with Gasteiger partial charge in [-0.1, -0.05) is 43.7 Å². The van der Waals surface area contributed by atoms with Gasteiger partial charge in [0.1, 0.15) is 17.0 Å². The van der Waals surface area contributed by atoms with Gasteiger partial charge in [-0.15, -0.1) is 11.8 Å². The van der Waals surface area contributed by atoms with Crippen molar-refractivity contribution in [3.05, 3.63) is 71.3 Å². The summed E-state index contributed by atoms with van der Waals surface area (Å²) in [6, 6.07) is 13.1. The smallest absolute Gasteiger partial charge is 0.237 e. The monoisotopic (exact) mass is 404 g/mol. The van der Waals surface area contributed by atoms with Crippen LogP contribution in [0.1, 0.15) is 36.3 Å². The number of nitrogens with zero attached hydrogens (tertiary/aromatic N) is 2. The number of benzene rings is 2. The molecule has 150 valence electrons. The van der Waals surface area contributed by atoms with E-state index in [-0.39, 0.29) is 29.5 Å². The fourth-order valence-electron chi connectivity index (χ4n) is 3.37. The van der Waals surface area contributed by atoms with Gasteiger partial charge in [0.15, 0.2) is 0 Å². The van der Waals surface area contributed by atoms with Crippen molar-refractivity contribution in [2.45, 2.75) is 31.7 Å². The van der Waals surface area contributed by atoms with E-state index in [1.807, 2.05) is 15.9 Å². The van der Waals surface area contributed by atoms with Gasteiger partial charge in [-0.05, 0) is 36.7 Å². The Bertz CT molecular complexity index is 784. The number of hydrogen-bond acceptors (Lipinski definition) is 3. The number of carbonyl (C=O) groups is 1. The molecular formula is C22H26F2N2OS. The molecule has 0 aliphatic carbocycles. The predicted octanol–water partition coefficient (Wildman–Crippen LogP) is 4.84. The molecule has 0 aromatic heterocycles. The molecule has 1 aliphatic heterocycles. The Labute approximate surface area is 169 Å². The van der Waals surface area contributed by atoms with E-state index >= 15 is 0 Å². The van der Waals surface area contributed by atoms with E-state index < -0.39 is 0 Å². The maximum atomic E-state index is 14.1. The SMILES string of the molecule is CCCCN(CC(=O)N1CCS[C@H]1c1ccc(F)cc1)Cc1ccccc1F. The third-order valence-electron chi connectivity index (χ3n) is 4.91. The minimum Gasteiger partial charge on any atom is -0.325 e. The number of carbonyl (C=O) groups excluding carboxylic acids is 1. The lowest BCUT2D eigenvalue weighted by atomic mass is 10.1. The lowest BCUT2D eigenvalue weighted by Crippen LogP contribution is -2.40. The van der Waals surface area contributed by atoms with Crippen molar-refractivity contribution in [1.82, 2.24) is 9.80 Å². The summed E-state index contributed by atoms with van der Waals surface area (Å²) in [6.45, 7) is 4.20. The van der Waals surface area contributed by atoms with Crippen LogP contribution in [0.5, 0.6) is 0 Å². The summed E-state index contributed by atoms with van der Waals surface area (Å²) < 4.78 is 27.3. The minimum atomic E-state index is -0.278. The average molecular weight is 405 g/mol. The Balaban J connectivity index is 1.69. The van der Waals surface area contributed by atoms with Crippen molar-refractivity contribution in [1.29, 1.82) is 0 Å². The van der Waals surface area contributed by atoms with Crippen LogP contribution in [0.3, 0.4) is 0 Å². The summed E-state index contributed by atoms with van der Waals surface area (Å²) in [5.74, 6) is 0.375. The van der Waals surface area contributed by atoms with Crippen LogP contribution < -0.4 is 0 Å². The number of amides is 1. The molecule has 1 fully saturated rings. The van der Waals surface area contributed by atoms with Crippen LogP contribution in [0.15, 0.2) is 48.5 Å². The third-order valence-corrected chi connectivity index (χ3v) is 6.17. The highest BCUT2D eigenvalue weighted by molar-refractivity contribution is 7.99. The maximum Gasteiger partial charge on any atom is 0.237 e. The van der Waals surface area contributed by atoms with Gasteiger partial charge in [0.05, 0.1) is 6.54 Å². The van der Waals surface area contributed by atoms with Crippen molar-refractivity contribution in [2.24, 2.45) is 0 Å². The lowest BCUT2D eigenvalue weighted by Gasteiger charge is -2.28. The van der Waals surface area contributed by atoms with Crippen molar-refractivity contribution in [3.63, 3.8) is 0 Å². The van der Waals surface area contributed by atoms with Gasteiger partial charge < -0.3 is 4.90 Å². The van der Waals surface area contributed by atoms with Gasteiger partial charge in [0, 0.05) is 24.4 Å². The Morgan fingerprint density at radius 1 is 1.18 bits per heavy atom. The first-order chi connectivity index (χ1) is 13.6. The molecule has 1 heterocycles. The van der Waals surface area contributed by atoms with E-state index in [0.29, 0.717) is 18.7 Å². The first kappa shape index (κ1) is 20.8. The maximum absolute atomic E-state index is 14.1. The predicted molar refractivity (Wildman–Crippen MR) is 110 cm³/mol. The third kappa shape index (κ3) is 5.32. The molecule has 0 unspecified atom stereocenters. The molecule has 28 heavy (non-hydrogen) atoms. The Morgan fingerprint density at radius 3 is 2.64 bits per heavy atom. The topological polar surface area (TPSA) is 23.6 Å². The second-order valence-corrected chi connectivity index (χ2v) is 8.21.